The van der Waals surface area contributed by atoms with Crippen LogP contribution in [0.4, 0.5) is 0 Å². The minimum absolute atomic E-state index is 0.107. The molecule has 4 rings (SSSR count). The van der Waals surface area contributed by atoms with Gasteiger partial charge in [-0.15, -0.1) is 0 Å². The van der Waals surface area contributed by atoms with Gasteiger partial charge in [-0.2, -0.15) is 4.31 Å². The van der Waals surface area contributed by atoms with Crippen molar-refractivity contribution < 1.29 is 18.0 Å². The van der Waals surface area contributed by atoms with Crippen LogP contribution in [0.2, 0.25) is 0 Å². The van der Waals surface area contributed by atoms with Crippen LogP contribution < -0.4 is 0 Å². The van der Waals surface area contributed by atoms with Crippen LogP contribution in [0.25, 0.3) is 0 Å². The summed E-state index contributed by atoms with van der Waals surface area (Å²) in [5, 5.41) is 0. The Labute approximate surface area is 190 Å². The first-order chi connectivity index (χ1) is 15.3. The minimum Gasteiger partial charge on any atom is -0.278 e. The highest BCUT2D eigenvalue weighted by Gasteiger charge is 2.47. The van der Waals surface area contributed by atoms with Gasteiger partial charge in [0.2, 0.25) is 21.8 Å². The number of amides is 2. The Morgan fingerprint density at radius 1 is 0.938 bits per heavy atom. The molecule has 1 saturated heterocycles. The smallest absolute Gasteiger partial charge is 0.243 e. The number of nitrogens with zero attached hydrogens (tertiary/aromatic N) is 2. The van der Waals surface area contributed by atoms with Gasteiger partial charge >= 0.3 is 0 Å². The van der Waals surface area contributed by atoms with Gasteiger partial charge in [0.1, 0.15) is 0 Å². The molecule has 170 valence electrons. The molecule has 1 aliphatic carbocycles. The molecular weight excluding hydrogens is 424 g/mol. The third kappa shape index (κ3) is 4.24. The van der Waals surface area contributed by atoms with E-state index < -0.39 is 10.0 Å². The number of carbonyl (C=O) groups excluding carboxylic acids is 2. The van der Waals surface area contributed by atoms with Crippen molar-refractivity contribution in [3.8, 4) is 0 Å². The predicted octanol–water partition coefficient (Wildman–Crippen LogP) is 3.88. The number of imide groups is 1. The van der Waals surface area contributed by atoms with E-state index in [9.17, 15) is 18.0 Å². The molecule has 0 bridgehead atoms. The molecule has 0 unspecified atom stereocenters. The average molecular weight is 455 g/mol. The van der Waals surface area contributed by atoms with Crippen LogP contribution in [0.3, 0.4) is 0 Å². The summed E-state index contributed by atoms with van der Waals surface area (Å²) in [4.78, 5) is 27.2. The zero-order chi connectivity index (χ0) is 22.9. The summed E-state index contributed by atoms with van der Waals surface area (Å²) in [6.45, 7) is 4.35. The molecule has 0 N–H and O–H groups in total. The summed E-state index contributed by atoms with van der Waals surface area (Å²) in [7, 11) is -3.74. The monoisotopic (exact) mass is 454 g/mol. The fourth-order valence-corrected chi connectivity index (χ4v) is 6.60. The van der Waals surface area contributed by atoms with Gasteiger partial charge in [0.15, 0.2) is 0 Å². The average Bonchev–Trinajstić information content (AvgIpc) is 3.04. The number of benzene rings is 2. The summed E-state index contributed by atoms with van der Waals surface area (Å²) < 4.78 is 28.4. The lowest BCUT2D eigenvalue weighted by atomic mass is 9.81. The Kier molecular flexibility index (Phi) is 6.49. The molecule has 0 radical (unpaired) electrons. The minimum atomic E-state index is -3.74. The first kappa shape index (κ1) is 22.7. The number of fused-ring (bicyclic) bond motifs is 1. The predicted molar refractivity (Wildman–Crippen MR) is 122 cm³/mol. The molecule has 2 aliphatic rings. The SMILES string of the molecule is CCN(Cc1ccccc1)S(=O)(=O)c1cc(CN2C(=O)[C@H]3CCCC[C@H]3C2=O)ccc1C. The van der Waals surface area contributed by atoms with Gasteiger partial charge in [0, 0.05) is 13.1 Å². The lowest BCUT2D eigenvalue weighted by Crippen LogP contribution is -2.32. The molecule has 1 heterocycles. The lowest BCUT2D eigenvalue weighted by Gasteiger charge is -2.23. The van der Waals surface area contributed by atoms with Crippen molar-refractivity contribution in [2.45, 2.75) is 57.5 Å². The van der Waals surface area contributed by atoms with E-state index in [1.807, 2.05) is 43.3 Å². The molecule has 0 spiro atoms. The molecule has 1 saturated carbocycles. The number of rotatable bonds is 7. The second-order valence-corrected chi connectivity index (χ2v) is 10.7. The Morgan fingerprint density at radius 2 is 1.56 bits per heavy atom. The van der Waals surface area contributed by atoms with E-state index in [4.69, 9.17) is 0 Å². The summed E-state index contributed by atoms with van der Waals surface area (Å²) in [6.07, 6.45) is 3.50. The van der Waals surface area contributed by atoms with E-state index in [1.54, 1.807) is 19.1 Å². The molecule has 2 aromatic carbocycles. The third-order valence-electron chi connectivity index (χ3n) is 6.70. The van der Waals surface area contributed by atoms with Gasteiger partial charge in [-0.25, -0.2) is 8.42 Å². The quantitative estimate of drug-likeness (QED) is 0.595. The zero-order valence-corrected chi connectivity index (χ0v) is 19.5. The van der Waals surface area contributed by atoms with Gasteiger partial charge in [-0.05, 0) is 42.5 Å². The number of sulfonamides is 1. The first-order valence-corrected chi connectivity index (χ1v) is 12.8. The maximum Gasteiger partial charge on any atom is 0.243 e. The van der Waals surface area contributed by atoms with Crippen molar-refractivity contribution in [1.29, 1.82) is 0 Å². The normalized spacial score (nSPS) is 21.3. The largest absolute Gasteiger partial charge is 0.278 e. The number of hydrogen-bond donors (Lipinski definition) is 0. The van der Waals surface area contributed by atoms with Crippen LogP contribution in [-0.4, -0.2) is 36.0 Å². The Bertz CT molecular complexity index is 1090. The van der Waals surface area contributed by atoms with E-state index in [1.165, 1.54) is 9.21 Å². The number of hydrogen-bond acceptors (Lipinski definition) is 4. The van der Waals surface area contributed by atoms with E-state index in [0.29, 0.717) is 17.7 Å². The molecule has 1 aliphatic heterocycles. The maximum absolute atomic E-state index is 13.5. The number of aryl methyl sites for hydroxylation is 1. The van der Waals surface area contributed by atoms with Crippen LogP contribution in [0.5, 0.6) is 0 Å². The maximum atomic E-state index is 13.5. The molecule has 2 fully saturated rings. The lowest BCUT2D eigenvalue weighted by molar-refractivity contribution is -0.140. The topological polar surface area (TPSA) is 74.8 Å². The van der Waals surface area contributed by atoms with Crippen molar-refractivity contribution in [1.82, 2.24) is 9.21 Å². The fourth-order valence-electron chi connectivity index (χ4n) is 4.88. The van der Waals surface area contributed by atoms with Crippen molar-refractivity contribution in [2.24, 2.45) is 11.8 Å². The third-order valence-corrected chi connectivity index (χ3v) is 8.76. The zero-order valence-electron chi connectivity index (χ0n) is 18.7. The van der Waals surface area contributed by atoms with Crippen LogP contribution in [0, 0.1) is 18.8 Å². The second-order valence-electron chi connectivity index (χ2n) is 8.78. The van der Waals surface area contributed by atoms with E-state index in [2.05, 4.69) is 0 Å². The molecular formula is C25H30N2O4S. The second kappa shape index (κ2) is 9.16. The summed E-state index contributed by atoms with van der Waals surface area (Å²) in [5.41, 5.74) is 2.22. The van der Waals surface area contributed by atoms with Crippen LogP contribution >= 0.6 is 0 Å². The highest BCUT2D eigenvalue weighted by atomic mass is 32.2. The van der Waals surface area contributed by atoms with Crippen LogP contribution in [0.1, 0.15) is 49.3 Å². The Morgan fingerprint density at radius 3 is 2.16 bits per heavy atom. The fraction of sp³-hybridized carbons (Fsp3) is 0.440. The molecule has 2 aromatic rings. The summed E-state index contributed by atoms with van der Waals surface area (Å²) in [5.74, 6) is -0.620. The molecule has 2 atom stereocenters. The molecule has 0 aromatic heterocycles. The van der Waals surface area contributed by atoms with Gasteiger partial charge < -0.3 is 0 Å². The van der Waals surface area contributed by atoms with Crippen molar-refractivity contribution >= 4 is 21.8 Å². The summed E-state index contributed by atoms with van der Waals surface area (Å²) in [6, 6.07) is 14.7. The van der Waals surface area contributed by atoms with Crippen molar-refractivity contribution in [3.05, 3.63) is 65.2 Å². The standard InChI is InChI=1S/C25H30N2O4S/c1-3-26(16-19-9-5-4-6-10-19)32(30,31)23-15-20(14-13-18(23)2)17-27-24(28)21-11-7-8-12-22(21)25(27)29/h4-6,9-10,13-15,21-22H,3,7-8,11-12,16-17H2,1-2H3/t21-,22+. The van der Waals surface area contributed by atoms with Crippen LogP contribution in [0.15, 0.2) is 53.4 Å². The number of likely N-dealkylation sites (tertiary alicyclic amines) is 1. The van der Waals surface area contributed by atoms with Gasteiger partial charge in [-0.3, -0.25) is 14.5 Å². The van der Waals surface area contributed by atoms with E-state index in [-0.39, 0.29) is 41.6 Å². The Hall–Kier alpha value is -2.51. The van der Waals surface area contributed by atoms with E-state index in [0.717, 1.165) is 31.2 Å². The Balaban J connectivity index is 1.59. The van der Waals surface area contributed by atoms with Gasteiger partial charge in [-0.1, -0.05) is 62.2 Å². The summed E-state index contributed by atoms with van der Waals surface area (Å²) >= 11 is 0. The first-order valence-electron chi connectivity index (χ1n) is 11.3. The highest BCUT2D eigenvalue weighted by molar-refractivity contribution is 7.89. The highest BCUT2D eigenvalue weighted by Crippen LogP contribution is 2.38. The van der Waals surface area contributed by atoms with E-state index >= 15 is 0 Å². The molecule has 2 amide bonds. The van der Waals surface area contributed by atoms with Crippen molar-refractivity contribution in [3.63, 3.8) is 0 Å². The molecule has 32 heavy (non-hydrogen) atoms. The van der Waals surface area contributed by atoms with Crippen LogP contribution in [-0.2, 0) is 32.7 Å². The number of carbonyl (C=O) groups is 2. The molecule has 6 nitrogen and oxygen atoms in total. The van der Waals surface area contributed by atoms with Crippen molar-refractivity contribution in [2.75, 3.05) is 6.54 Å². The van der Waals surface area contributed by atoms with Gasteiger partial charge in [0.05, 0.1) is 23.3 Å². The van der Waals surface area contributed by atoms with Gasteiger partial charge in [0.25, 0.3) is 0 Å². The molecule has 7 heteroatoms.